The summed E-state index contributed by atoms with van der Waals surface area (Å²) in [5, 5.41) is 14.6. The second kappa shape index (κ2) is 6.52. The van der Waals surface area contributed by atoms with Crippen LogP contribution in [0.1, 0.15) is 37.7 Å². The lowest BCUT2D eigenvalue weighted by molar-refractivity contribution is -0.125. The SMILES string of the molecule is CCC(CCO)NC(=O)CC1C(=O)Nc2ccccc21. The molecule has 2 rings (SSSR count). The van der Waals surface area contributed by atoms with E-state index in [0.29, 0.717) is 6.42 Å². The summed E-state index contributed by atoms with van der Waals surface area (Å²) in [7, 11) is 0. The van der Waals surface area contributed by atoms with Crippen molar-refractivity contribution in [3.8, 4) is 0 Å². The smallest absolute Gasteiger partial charge is 0.232 e. The monoisotopic (exact) mass is 276 g/mol. The molecule has 0 saturated heterocycles. The highest BCUT2D eigenvalue weighted by Gasteiger charge is 2.32. The van der Waals surface area contributed by atoms with E-state index in [0.717, 1.165) is 17.7 Å². The van der Waals surface area contributed by atoms with Crippen LogP contribution in [0.2, 0.25) is 0 Å². The van der Waals surface area contributed by atoms with Crippen molar-refractivity contribution < 1.29 is 14.7 Å². The average molecular weight is 276 g/mol. The number of benzene rings is 1. The summed E-state index contributed by atoms with van der Waals surface area (Å²) >= 11 is 0. The summed E-state index contributed by atoms with van der Waals surface area (Å²) < 4.78 is 0. The Balaban J connectivity index is 1.99. The lowest BCUT2D eigenvalue weighted by Crippen LogP contribution is -2.36. The van der Waals surface area contributed by atoms with Gasteiger partial charge in [-0.1, -0.05) is 25.1 Å². The van der Waals surface area contributed by atoms with Gasteiger partial charge in [0.25, 0.3) is 0 Å². The summed E-state index contributed by atoms with van der Waals surface area (Å²) in [4.78, 5) is 23.9. The Bertz CT molecular complexity index is 502. The van der Waals surface area contributed by atoms with Crippen LogP contribution >= 0.6 is 0 Å². The summed E-state index contributed by atoms with van der Waals surface area (Å²) in [6.07, 6.45) is 1.44. The molecule has 0 aromatic heterocycles. The third kappa shape index (κ3) is 3.17. The maximum atomic E-state index is 12.0. The molecule has 5 heteroatoms. The van der Waals surface area contributed by atoms with Crippen molar-refractivity contribution in [1.82, 2.24) is 5.32 Å². The number of fused-ring (bicyclic) bond motifs is 1. The van der Waals surface area contributed by atoms with E-state index in [2.05, 4.69) is 10.6 Å². The van der Waals surface area contributed by atoms with Crippen molar-refractivity contribution in [1.29, 1.82) is 0 Å². The number of nitrogens with one attached hydrogen (secondary N) is 2. The molecule has 0 radical (unpaired) electrons. The molecule has 1 aromatic rings. The van der Waals surface area contributed by atoms with Crippen LogP contribution in [0.4, 0.5) is 5.69 Å². The first kappa shape index (κ1) is 14.5. The first-order valence-corrected chi connectivity index (χ1v) is 6.95. The number of amides is 2. The number of hydrogen-bond acceptors (Lipinski definition) is 3. The zero-order valence-electron chi connectivity index (χ0n) is 11.6. The zero-order valence-corrected chi connectivity index (χ0v) is 11.6. The lowest BCUT2D eigenvalue weighted by atomic mass is 9.96. The quantitative estimate of drug-likeness (QED) is 0.734. The summed E-state index contributed by atoms with van der Waals surface area (Å²) in [5.41, 5.74) is 1.67. The van der Waals surface area contributed by atoms with Gasteiger partial charge < -0.3 is 15.7 Å². The molecule has 0 saturated carbocycles. The molecule has 0 fully saturated rings. The Labute approximate surface area is 118 Å². The molecule has 0 aliphatic carbocycles. The van der Waals surface area contributed by atoms with E-state index < -0.39 is 5.92 Å². The minimum absolute atomic E-state index is 0.0350. The molecule has 5 nitrogen and oxygen atoms in total. The fourth-order valence-electron chi connectivity index (χ4n) is 2.48. The third-order valence-electron chi connectivity index (χ3n) is 3.64. The van der Waals surface area contributed by atoms with E-state index in [-0.39, 0.29) is 30.9 Å². The normalized spacial score (nSPS) is 18.3. The zero-order chi connectivity index (χ0) is 14.5. The van der Waals surface area contributed by atoms with Crippen LogP contribution < -0.4 is 10.6 Å². The molecule has 2 amide bonds. The van der Waals surface area contributed by atoms with E-state index in [9.17, 15) is 9.59 Å². The minimum Gasteiger partial charge on any atom is -0.396 e. The molecule has 2 unspecified atom stereocenters. The Hall–Kier alpha value is -1.88. The maximum absolute atomic E-state index is 12.0. The summed E-state index contributed by atoms with van der Waals surface area (Å²) in [5.74, 6) is -0.698. The molecular formula is C15H20N2O3. The van der Waals surface area contributed by atoms with Crippen molar-refractivity contribution in [2.45, 2.75) is 38.1 Å². The number of aliphatic hydroxyl groups is 1. The minimum atomic E-state index is -0.419. The fraction of sp³-hybridized carbons (Fsp3) is 0.467. The van der Waals surface area contributed by atoms with E-state index in [1.54, 1.807) is 0 Å². The van der Waals surface area contributed by atoms with Gasteiger partial charge >= 0.3 is 0 Å². The second-order valence-electron chi connectivity index (χ2n) is 5.02. The third-order valence-corrected chi connectivity index (χ3v) is 3.64. The van der Waals surface area contributed by atoms with Gasteiger partial charge in [-0.3, -0.25) is 9.59 Å². The molecular weight excluding hydrogens is 256 g/mol. The van der Waals surface area contributed by atoms with Gasteiger partial charge in [-0.25, -0.2) is 0 Å². The van der Waals surface area contributed by atoms with Crippen LogP contribution in [0.5, 0.6) is 0 Å². The summed E-state index contributed by atoms with van der Waals surface area (Å²) in [6.45, 7) is 2.00. The van der Waals surface area contributed by atoms with Gasteiger partial charge in [0, 0.05) is 24.8 Å². The predicted molar refractivity (Wildman–Crippen MR) is 76.4 cm³/mol. The number of aliphatic hydroxyl groups excluding tert-OH is 1. The molecule has 2 atom stereocenters. The maximum Gasteiger partial charge on any atom is 0.232 e. The van der Waals surface area contributed by atoms with Crippen molar-refractivity contribution >= 4 is 17.5 Å². The van der Waals surface area contributed by atoms with E-state index in [1.165, 1.54) is 0 Å². The molecule has 0 bridgehead atoms. The molecule has 1 aliphatic rings. The van der Waals surface area contributed by atoms with Gasteiger partial charge in [0.05, 0.1) is 5.92 Å². The Morgan fingerprint density at radius 1 is 1.45 bits per heavy atom. The molecule has 108 valence electrons. The van der Waals surface area contributed by atoms with E-state index >= 15 is 0 Å². The second-order valence-corrected chi connectivity index (χ2v) is 5.02. The fourth-order valence-corrected chi connectivity index (χ4v) is 2.48. The van der Waals surface area contributed by atoms with Crippen LogP contribution in [0, 0.1) is 0 Å². The molecule has 1 heterocycles. The largest absolute Gasteiger partial charge is 0.396 e. The number of anilines is 1. The molecule has 3 N–H and O–H groups in total. The number of hydrogen-bond donors (Lipinski definition) is 3. The highest BCUT2D eigenvalue weighted by Crippen LogP contribution is 2.34. The number of carbonyl (C=O) groups is 2. The highest BCUT2D eigenvalue weighted by atomic mass is 16.3. The van der Waals surface area contributed by atoms with Crippen molar-refractivity contribution in [3.63, 3.8) is 0 Å². The number of rotatable bonds is 6. The number of carbonyl (C=O) groups excluding carboxylic acids is 2. The molecule has 0 spiro atoms. The average Bonchev–Trinajstić information content (AvgIpc) is 2.75. The highest BCUT2D eigenvalue weighted by molar-refractivity contribution is 6.04. The molecule has 20 heavy (non-hydrogen) atoms. The first-order chi connectivity index (χ1) is 9.65. The first-order valence-electron chi connectivity index (χ1n) is 6.95. The van der Waals surface area contributed by atoms with Gasteiger partial charge in [-0.15, -0.1) is 0 Å². The van der Waals surface area contributed by atoms with Crippen LogP contribution in [0.3, 0.4) is 0 Å². The molecule has 1 aliphatic heterocycles. The van der Waals surface area contributed by atoms with Crippen LogP contribution in [-0.2, 0) is 9.59 Å². The van der Waals surface area contributed by atoms with E-state index in [4.69, 9.17) is 5.11 Å². The summed E-state index contributed by atoms with van der Waals surface area (Å²) in [6, 6.07) is 7.40. The van der Waals surface area contributed by atoms with Gasteiger partial charge in [-0.2, -0.15) is 0 Å². The van der Waals surface area contributed by atoms with Crippen molar-refractivity contribution in [2.75, 3.05) is 11.9 Å². The van der Waals surface area contributed by atoms with Gasteiger partial charge in [0.2, 0.25) is 11.8 Å². The van der Waals surface area contributed by atoms with Crippen molar-refractivity contribution in [3.05, 3.63) is 29.8 Å². The Kier molecular flexibility index (Phi) is 4.74. The van der Waals surface area contributed by atoms with Crippen LogP contribution in [0.15, 0.2) is 24.3 Å². The lowest BCUT2D eigenvalue weighted by Gasteiger charge is -2.17. The Morgan fingerprint density at radius 2 is 2.20 bits per heavy atom. The van der Waals surface area contributed by atoms with Gasteiger partial charge in [0.15, 0.2) is 0 Å². The van der Waals surface area contributed by atoms with E-state index in [1.807, 2.05) is 31.2 Å². The van der Waals surface area contributed by atoms with Crippen LogP contribution in [0.25, 0.3) is 0 Å². The van der Waals surface area contributed by atoms with Crippen molar-refractivity contribution in [2.24, 2.45) is 0 Å². The van der Waals surface area contributed by atoms with Crippen LogP contribution in [-0.4, -0.2) is 29.6 Å². The topological polar surface area (TPSA) is 78.4 Å². The Morgan fingerprint density at radius 3 is 2.90 bits per heavy atom. The van der Waals surface area contributed by atoms with Gasteiger partial charge in [0.1, 0.15) is 0 Å². The predicted octanol–water partition coefficient (Wildman–Crippen LogP) is 1.39. The standard InChI is InChI=1S/C15H20N2O3/c1-2-10(7-8-18)16-14(19)9-12-11-5-3-4-6-13(11)17-15(12)20/h3-6,10,12,18H,2,7-9H2,1H3,(H,16,19)(H,17,20). The molecule has 1 aromatic carbocycles. The van der Waals surface area contributed by atoms with Gasteiger partial charge in [-0.05, 0) is 24.5 Å². The number of para-hydroxylation sites is 1.